The summed E-state index contributed by atoms with van der Waals surface area (Å²) in [5.74, 6) is -0.815. The largest absolute Gasteiger partial charge is 0.478 e. The summed E-state index contributed by atoms with van der Waals surface area (Å²) in [6.07, 6.45) is 5.97. The standard InChI is InChI=1S/C10H18O3/c1-2-9(10(12)13)7-5-3-4-6-8-11/h2,11H,3-8H2,1H3,(H,12,13). The van der Waals surface area contributed by atoms with Crippen LogP contribution in [0.4, 0.5) is 0 Å². The summed E-state index contributed by atoms with van der Waals surface area (Å²) in [5, 5.41) is 17.2. The van der Waals surface area contributed by atoms with E-state index in [0.717, 1.165) is 25.7 Å². The molecule has 0 aromatic heterocycles. The summed E-state index contributed by atoms with van der Waals surface area (Å²) in [7, 11) is 0. The van der Waals surface area contributed by atoms with Crippen molar-refractivity contribution in [3.8, 4) is 0 Å². The molecular formula is C10H18O3. The smallest absolute Gasteiger partial charge is 0.331 e. The Morgan fingerprint density at radius 3 is 2.31 bits per heavy atom. The van der Waals surface area contributed by atoms with Crippen LogP contribution in [0.25, 0.3) is 0 Å². The fraction of sp³-hybridized carbons (Fsp3) is 0.700. The molecule has 0 heterocycles. The van der Waals surface area contributed by atoms with E-state index >= 15 is 0 Å². The SMILES string of the molecule is CC=C(CCCCCCO)C(=O)O. The Morgan fingerprint density at radius 2 is 1.85 bits per heavy atom. The van der Waals surface area contributed by atoms with E-state index in [1.54, 1.807) is 13.0 Å². The number of aliphatic hydroxyl groups is 1. The highest BCUT2D eigenvalue weighted by Gasteiger charge is 2.04. The lowest BCUT2D eigenvalue weighted by molar-refractivity contribution is -0.132. The number of carboxylic acids is 1. The van der Waals surface area contributed by atoms with Crippen LogP contribution < -0.4 is 0 Å². The summed E-state index contributed by atoms with van der Waals surface area (Å²) in [5.41, 5.74) is 0.490. The molecular weight excluding hydrogens is 168 g/mol. The van der Waals surface area contributed by atoms with Gasteiger partial charge in [-0.3, -0.25) is 0 Å². The number of carboxylic acid groups (broad SMARTS) is 1. The van der Waals surface area contributed by atoms with Crippen molar-refractivity contribution < 1.29 is 15.0 Å². The molecule has 13 heavy (non-hydrogen) atoms. The van der Waals surface area contributed by atoms with Crippen molar-refractivity contribution in [1.82, 2.24) is 0 Å². The summed E-state index contributed by atoms with van der Waals surface area (Å²) in [4.78, 5) is 10.5. The molecule has 0 aliphatic carbocycles. The molecule has 0 aromatic rings. The van der Waals surface area contributed by atoms with Crippen LogP contribution in [0.2, 0.25) is 0 Å². The minimum Gasteiger partial charge on any atom is -0.478 e. The van der Waals surface area contributed by atoms with E-state index in [4.69, 9.17) is 10.2 Å². The molecule has 0 saturated heterocycles. The van der Waals surface area contributed by atoms with Crippen LogP contribution in [0.15, 0.2) is 11.6 Å². The van der Waals surface area contributed by atoms with Crippen LogP contribution in [0.1, 0.15) is 39.0 Å². The van der Waals surface area contributed by atoms with Gasteiger partial charge in [-0.25, -0.2) is 4.79 Å². The van der Waals surface area contributed by atoms with E-state index in [2.05, 4.69) is 0 Å². The zero-order chi connectivity index (χ0) is 10.1. The maximum absolute atomic E-state index is 10.5. The first-order chi connectivity index (χ1) is 6.22. The number of allylic oxidation sites excluding steroid dienone is 1. The predicted molar refractivity (Wildman–Crippen MR) is 51.6 cm³/mol. The van der Waals surface area contributed by atoms with Crippen LogP contribution in [-0.4, -0.2) is 22.8 Å². The first-order valence-electron chi connectivity index (χ1n) is 4.71. The number of hydrogen-bond donors (Lipinski definition) is 2. The van der Waals surface area contributed by atoms with Crippen molar-refractivity contribution in [1.29, 1.82) is 0 Å². The molecule has 2 N–H and O–H groups in total. The van der Waals surface area contributed by atoms with E-state index in [-0.39, 0.29) is 6.61 Å². The Balaban J connectivity index is 3.46. The summed E-state index contributed by atoms with van der Waals surface area (Å²) in [6.45, 7) is 1.98. The molecule has 0 atom stereocenters. The zero-order valence-corrected chi connectivity index (χ0v) is 8.12. The fourth-order valence-electron chi connectivity index (χ4n) is 1.16. The van der Waals surface area contributed by atoms with Gasteiger partial charge in [-0.2, -0.15) is 0 Å². The topological polar surface area (TPSA) is 57.5 Å². The van der Waals surface area contributed by atoms with Gasteiger partial charge in [-0.05, 0) is 26.2 Å². The number of carbonyl (C=O) groups is 1. The molecule has 0 spiro atoms. The van der Waals surface area contributed by atoms with Gasteiger partial charge in [0.1, 0.15) is 0 Å². The van der Waals surface area contributed by atoms with Crippen molar-refractivity contribution in [2.75, 3.05) is 6.61 Å². The van der Waals surface area contributed by atoms with Gasteiger partial charge in [-0.15, -0.1) is 0 Å². The van der Waals surface area contributed by atoms with Gasteiger partial charge in [0.2, 0.25) is 0 Å². The molecule has 0 saturated carbocycles. The van der Waals surface area contributed by atoms with Crippen LogP contribution in [0, 0.1) is 0 Å². The molecule has 0 aromatic carbocycles. The van der Waals surface area contributed by atoms with E-state index < -0.39 is 5.97 Å². The third-order valence-electron chi connectivity index (χ3n) is 1.98. The lowest BCUT2D eigenvalue weighted by atomic mass is 10.1. The van der Waals surface area contributed by atoms with E-state index in [1.807, 2.05) is 0 Å². The van der Waals surface area contributed by atoms with E-state index in [1.165, 1.54) is 0 Å². The van der Waals surface area contributed by atoms with Crippen molar-refractivity contribution in [2.24, 2.45) is 0 Å². The Bertz CT molecular complexity index is 173. The minimum absolute atomic E-state index is 0.232. The lowest BCUT2D eigenvalue weighted by Gasteiger charge is -2.00. The normalized spacial score (nSPS) is 11.7. The van der Waals surface area contributed by atoms with E-state index in [0.29, 0.717) is 12.0 Å². The third kappa shape index (κ3) is 6.34. The number of aliphatic carboxylic acids is 1. The predicted octanol–water partition coefficient (Wildman–Crippen LogP) is 1.96. The summed E-state index contributed by atoms with van der Waals surface area (Å²) < 4.78 is 0. The molecule has 0 radical (unpaired) electrons. The molecule has 0 unspecified atom stereocenters. The maximum atomic E-state index is 10.5. The molecule has 0 amide bonds. The summed E-state index contributed by atoms with van der Waals surface area (Å²) in [6, 6.07) is 0. The second-order valence-electron chi connectivity index (χ2n) is 3.01. The number of hydrogen-bond acceptors (Lipinski definition) is 2. The molecule has 0 rings (SSSR count). The third-order valence-corrected chi connectivity index (χ3v) is 1.98. The van der Waals surface area contributed by atoms with E-state index in [9.17, 15) is 4.79 Å². The van der Waals surface area contributed by atoms with Gasteiger partial charge in [-0.1, -0.05) is 18.9 Å². The second kappa shape index (κ2) is 7.80. The molecule has 0 bridgehead atoms. The molecule has 0 aliphatic heterocycles. The molecule has 3 heteroatoms. The average Bonchev–Trinajstić information content (AvgIpc) is 2.10. The van der Waals surface area contributed by atoms with Crippen molar-refractivity contribution in [2.45, 2.75) is 39.0 Å². The lowest BCUT2D eigenvalue weighted by Crippen LogP contribution is -2.00. The highest BCUT2D eigenvalue weighted by Crippen LogP contribution is 2.09. The van der Waals surface area contributed by atoms with Crippen molar-refractivity contribution >= 4 is 5.97 Å². The highest BCUT2D eigenvalue weighted by molar-refractivity contribution is 5.86. The quantitative estimate of drug-likeness (QED) is 0.472. The number of aliphatic hydroxyl groups excluding tert-OH is 1. The van der Waals surface area contributed by atoms with Crippen LogP contribution in [0.3, 0.4) is 0 Å². The highest BCUT2D eigenvalue weighted by atomic mass is 16.4. The van der Waals surface area contributed by atoms with Crippen LogP contribution in [0.5, 0.6) is 0 Å². The van der Waals surface area contributed by atoms with Crippen LogP contribution >= 0.6 is 0 Å². The monoisotopic (exact) mass is 186 g/mol. The number of rotatable bonds is 7. The Kier molecular flexibility index (Phi) is 7.30. The Morgan fingerprint density at radius 1 is 1.23 bits per heavy atom. The molecule has 0 aliphatic rings. The fourth-order valence-corrected chi connectivity index (χ4v) is 1.16. The Hall–Kier alpha value is -0.830. The van der Waals surface area contributed by atoms with Crippen LogP contribution in [-0.2, 0) is 4.79 Å². The minimum atomic E-state index is -0.815. The van der Waals surface area contributed by atoms with Crippen molar-refractivity contribution in [3.63, 3.8) is 0 Å². The average molecular weight is 186 g/mol. The first-order valence-corrected chi connectivity index (χ1v) is 4.71. The molecule has 3 nitrogen and oxygen atoms in total. The first kappa shape index (κ1) is 12.2. The van der Waals surface area contributed by atoms with Gasteiger partial charge < -0.3 is 10.2 Å². The van der Waals surface area contributed by atoms with Gasteiger partial charge >= 0.3 is 5.97 Å². The van der Waals surface area contributed by atoms with Gasteiger partial charge in [0.15, 0.2) is 0 Å². The van der Waals surface area contributed by atoms with Gasteiger partial charge in [0, 0.05) is 12.2 Å². The van der Waals surface area contributed by atoms with Gasteiger partial charge in [0.05, 0.1) is 0 Å². The maximum Gasteiger partial charge on any atom is 0.331 e. The zero-order valence-electron chi connectivity index (χ0n) is 8.12. The summed E-state index contributed by atoms with van der Waals surface area (Å²) >= 11 is 0. The molecule has 76 valence electrons. The van der Waals surface area contributed by atoms with Crippen molar-refractivity contribution in [3.05, 3.63) is 11.6 Å². The number of unbranched alkanes of at least 4 members (excludes halogenated alkanes) is 3. The Labute approximate surface area is 79.1 Å². The van der Waals surface area contributed by atoms with Gasteiger partial charge in [0.25, 0.3) is 0 Å². The molecule has 0 fully saturated rings. The second-order valence-corrected chi connectivity index (χ2v) is 3.01.